The smallest absolute Gasteiger partial charge is 0.250 e. The second kappa shape index (κ2) is 8.76. The minimum atomic E-state index is -0.443. The summed E-state index contributed by atoms with van der Waals surface area (Å²) in [5.41, 5.74) is 7.82. The summed E-state index contributed by atoms with van der Waals surface area (Å²) in [5, 5.41) is 14.3. The van der Waals surface area contributed by atoms with Gasteiger partial charge in [-0.25, -0.2) is 0 Å². The molecule has 1 fully saturated rings. The van der Waals surface area contributed by atoms with Gasteiger partial charge in [-0.3, -0.25) is 4.79 Å². The van der Waals surface area contributed by atoms with Crippen molar-refractivity contribution in [2.75, 3.05) is 5.32 Å². The summed E-state index contributed by atoms with van der Waals surface area (Å²) < 4.78 is 2.11. The molecule has 0 bridgehead atoms. The number of aliphatic hydroxyl groups excluding tert-OH is 1. The zero-order valence-electron chi connectivity index (χ0n) is 16.1. The quantitative estimate of drug-likeness (QED) is 0.564. The summed E-state index contributed by atoms with van der Waals surface area (Å²) in [5.74, 6) is -0.443. The Labute approximate surface area is 174 Å². The number of hydrogen-bond acceptors (Lipinski definition) is 4. The van der Waals surface area contributed by atoms with E-state index < -0.39 is 5.91 Å². The number of aromatic nitrogens is 1. The molecule has 0 spiro atoms. The average molecular weight is 408 g/mol. The van der Waals surface area contributed by atoms with Gasteiger partial charge in [-0.1, -0.05) is 30.0 Å². The first kappa shape index (κ1) is 19.6. The van der Waals surface area contributed by atoms with Crippen molar-refractivity contribution in [2.45, 2.75) is 47.8 Å². The molecule has 1 amide bonds. The fourth-order valence-electron chi connectivity index (χ4n) is 3.73. The Hall–Kier alpha value is -2.70. The van der Waals surface area contributed by atoms with Crippen LogP contribution >= 0.6 is 11.8 Å². The summed E-state index contributed by atoms with van der Waals surface area (Å²) in [6, 6.07) is 20.3. The van der Waals surface area contributed by atoms with Crippen molar-refractivity contribution < 1.29 is 9.90 Å². The molecule has 0 atom stereocenters. The highest BCUT2D eigenvalue weighted by Crippen LogP contribution is 2.32. The summed E-state index contributed by atoms with van der Waals surface area (Å²) in [7, 11) is 0. The largest absolute Gasteiger partial charge is 0.393 e. The van der Waals surface area contributed by atoms with Crippen molar-refractivity contribution in [3.05, 3.63) is 72.4 Å². The SMILES string of the molecule is NC(=O)c1ccc(-n2cccc2Sc2ccccc2)cc1NC1CCC(O)CC1. The van der Waals surface area contributed by atoms with Gasteiger partial charge in [-0.15, -0.1) is 0 Å². The molecular weight excluding hydrogens is 382 g/mol. The molecule has 6 heteroatoms. The molecule has 0 aliphatic heterocycles. The van der Waals surface area contributed by atoms with Crippen LogP contribution in [0.4, 0.5) is 5.69 Å². The van der Waals surface area contributed by atoms with Gasteiger partial charge in [0.2, 0.25) is 0 Å². The Morgan fingerprint density at radius 1 is 1.03 bits per heavy atom. The zero-order chi connectivity index (χ0) is 20.2. The number of carbonyl (C=O) groups excluding carboxylic acids is 1. The normalized spacial score (nSPS) is 19.1. The molecule has 1 aliphatic carbocycles. The van der Waals surface area contributed by atoms with E-state index in [4.69, 9.17) is 5.73 Å². The molecule has 1 heterocycles. The molecule has 150 valence electrons. The van der Waals surface area contributed by atoms with Gasteiger partial charge < -0.3 is 20.7 Å². The molecule has 4 rings (SSSR count). The molecule has 0 radical (unpaired) electrons. The Morgan fingerprint density at radius 2 is 1.79 bits per heavy atom. The standard InChI is InChI=1S/C23H25N3O2S/c24-23(28)20-13-10-17(15-21(20)25-16-8-11-18(27)12-9-16)26-14-4-7-22(26)29-19-5-2-1-3-6-19/h1-7,10,13-16,18,25,27H,8-9,11-12H2,(H2,24,28). The second-order valence-corrected chi connectivity index (χ2v) is 8.47. The number of benzene rings is 2. The monoisotopic (exact) mass is 407 g/mol. The lowest BCUT2D eigenvalue weighted by Crippen LogP contribution is -2.29. The Balaban J connectivity index is 1.62. The minimum Gasteiger partial charge on any atom is -0.393 e. The van der Waals surface area contributed by atoms with Gasteiger partial charge in [-0.2, -0.15) is 0 Å². The Kier molecular flexibility index (Phi) is 5.92. The van der Waals surface area contributed by atoms with Crippen LogP contribution in [-0.4, -0.2) is 27.7 Å². The van der Waals surface area contributed by atoms with Crippen LogP contribution in [0.1, 0.15) is 36.0 Å². The lowest BCUT2D eigenvalue weighted by Gasteiger charge is -2.28. The number of nitrogens with one attached hydrogen (secondary N) is 1. The van der Waals surface area contributed by atoms with Crippen molar-refractivity contribution >= 4 is 23.4 Å². The van der Waals surface area contributed by atoms with E-state index in [0.29, 0.717) is 5.56 Å². The summed E-state index contributed by atoms with van der Waals surface area (Å²) >= 11 is 1.69. The number of anilines is 1. The van der Waals surface area contributed by atoms with Crippen LogP contribution in [0.15, 0.2) is 76.8 Å². The van der Waals surface area contributed by atoms with Gasteiger partial charge in [0.1, 0.15) is 0 Å². The molecule has 1 aromatic heterocycles. The molecule has 5 nitrogen and oxygen atoms in total. The number of aliphatic hydroxyl groups is 1. The van der Waals surface area contributed by atoms with Gasteiger partial charge in [0, 0.05) is 28.5 Å². The highest BCUT2D eigenvalue weighted by molar-refractivity contribution is 7.99. The van der Waals surface area contributed by atoms with Crippen LogP contribution in [0.3, 0.4) is 0 Å². The number of nitrogens with two attached hydrogens (primary N) is 1. The molecule has 2 aromatic carbocycles. The molecule has 3 aromatic rings. The van der Waals surface area contributed by atoms with E-state index in [1.54, 1.807) is 17.8 Å². The molecule has 4 N–H and O–H groups in total. The lowest BCUT2D eigenvalue weighted by atomic mass is 9.92. The predicted molar refractivity (Wildman–Crippen MR) is 117 cm³/mol. The Morgan fingerprint density at radius 3 is 2.52 bits per heavy atom. The third-order valence-electron chi connectivity index (χ3n) is 5.28. The van der Waals surface area contributed by atoms with Crippen LogP contribution in [0.2, 0.25) is 0 Å². The summed E-state index contributed by atoms with van der Waals surface area (Å²) in [6.45, 7) is 0. The maximum absolute atomic E-state index is 12.0. The van der Waals surface area contributed by atoms with Crippen molar-refractivity contribution in [3.8, 4) is 5.69 Å². The predicted octanol–water partition coefficient (Wildman–Crippen LogP) is 4.44. The van der Waals surface area contributed by atoms with E-state index in [2.05, 4.69) is 28.1 Å². The third-order valence-corrected chi connectivity index (χ3v) is 6.33. The molecular formula is C23H25N3O2S. The number of carbonyl (C=O) groups is 1. The number of primary amides is 1. The van der Waals surface area contributed by atoms with E-state index in [0.717, 1.165) is 42.1 Å². The van der Waals surface area contributed by atoms with E-state index in [-0.39, 0.29) is 12.1 Å². The van der Waals surface area contributed by atoms with Gasteiger partial charge in [0.05, 0.1) is 16.7 Å². The fraction of sp³-hybridized carbons (Fsp3) is 0.261. The number of nitrogens with zero attached hydrogens (tertiary/aromatic N) is 1. The first-order valence-electron chi connectivity index (χ1n) is 9.89. The van der Waals surface area contributed by atoms with Gasteiger partial charge in [0.25, 0.3) is 5.91 Å². The van der Waals surface area contributed by atoms with E-state index in [1.807, 2.05) is 42.6 Å². The van der Waals surface area contributed by atoms with Crippen LogP contribution < -0.4 is 11.1 Å². The van der Waals surface area contributed by atoms with Gasteiger partial charge >= 0.3 is 0 Å². The highest BCUT2D eigenvalue weighted by Gasteiger charge is 2.21. The van der Waals surface area contributed by atoms with Crippen molar-refractivity contribution in [2.24, 2.45) is 5.73 Å². The third kappa shape index (κ3) is 4.66. The second-order valence-electron chi connectivity index (χ2n) is 7.38. The first-order chi connectivity index (χ1) is 14.1. The molecule has 29 heavy (non-hydrogen) atoms. The lowest BCUT2D eigenvalue weighted by molar-refractivity contribution is 0.100. The van der Waals surface area contributed by atoms with Crippen LogP contribution in [0.25, 0.3) is 5.69 Å². The topological polar surface area (TPSA) is 80.3 Å². The highest BCUT2D eigenvalue weighted by atomic mass is 32.2. The van der Waals surface area contributed by atoms with Crippen molar-refractivity contribution in [3.63, 3.8) is 0 Å². The maximum Gasteiger partial charge on any atom is 0.250 e. The Bertz CT molecular complexity index is 979. The van der Waals surface area contributed by atoms with Crippen LogP contribution in [-0.2, 0) is 0 Å². The number of hydrogen-bond donors (Lipinski definition) is 3. The molecule has 0 saturated heterocycles. The van der Waals surface area contributed by atoms with E-state index in [9.17, 15) is 9.90 Å². The molecule has 1 aliphatic rings. The zero-order valence-corrected chi connectivity index (χ0v) is 16.9. The van der Waals surface area contributed by atoms with Gasteiger partial charge in [-0.05, 0) is 68.1 Å². The van der Waals surface area contributed by atoms with Crippen LogP contribution in [0, 0.1) is 0 Å². The fourth-order valence-corrected chi connectivity index (χ4v) is 4.67. The van der Waals surface area contributed by atoms with Crippen LogP contribution in [0.5, 0.6) is 0 Å². The van der Waals surface area contributed by atoms with Crippen molar-refractivity contribution in [1.29, 1.82) is 0 Å². The summed E-state index contributed by atoms with van der Waals surface area (Å²) in [4.78, 5) is 13.1. The number of amides is 1. The van der Waals surface area contributed by atoms with Crippen molar-refractivity contribution in [1.82, 2.24) is 4.57 Å². The molecule has 1 saturated carbocycles. The number of rotatable bonds is 6. The maximum atomic E-state index is 12.0. The van der Waals surface area contributed by atoms with E-state index in [1.165, 1.54) is 4.90 Å². The van der Waals surface area contributed by atoms with E-state index >= 15 is 0 Å². The average Bonchev–Trinajstić information content (AvgIpc) is 3.18. The minimum absolute atomic E-state index is 0.215. The first-order valence-corrected chi connectivity index (χ1v) is 10.7. The summed E-state index contributed by atoms with van der Waals surface area (Å²) in [6.07, 6.45) is 5.11. The van der Waals surface area contributed by atoms with Gasteiger partial charge in [0.15, 0.2) is 0 Å². The molecule has 0 unspecified atom stereocenters.